The van der Waals surface area contributed by atoms with Crippen molar-refractivity contribution in [1.29, 1.82) is 0 Å². The highest BCUT2D eigenvalue weighted by atomic mass is 35.5. The maximum absolute atomic E-state index is 3.48. The van der Waals surface area contributed by atoms with Crippen LogP contribution in [0.3, 0.4) is 0 Å². The van der Waals surface area contributed by atoms with E-state index in [-0.39, 0.29) is 12.4 Å². The van der Waals surface area contributed by atoms with Crippen LogP contribution in [0.2, 0.25) is 0 Å². The minimum absolute atomic E-state index is 0. The zero-order valence-corrected chi connectivity index (χ0v) is 12.2. The first-order valence-electron chi connectivity index (χ1n) is 5.81. The molecule has 94 valence electrons. The van der Waals surface area contributed by atoms with Gasteiger partial charge in [-0.05, 0) is 36.2 Å². The van der Waals surface area contributed by atoms with Crippen LogP contribution in [0.5, 0.6) is 0 Å². The average molecular weight is 262 g/mol. The topological polar surface area (TPSA) is 12.0 Å². The van der Waals surface area contributed by atoms with Gasteiger partial charge in [-0.2, -0.15) is 0 Å². The van der Waals surface area contributed by atoms with Crippen molar-refractivity contribution in [3.8, 4) is 0 Å². The van der Waals surface area contributed by atoms with Crippen molar-refractivity contribution in [2.45, 2.75) is 46.6 Å². The van der Waals surface area contributed by atoms with Crippen molar-refractivity contribution < 1.29 is 0 Å². The maximum Gasteiger partial charge on any atom is 0.0299 e. The van der Waals surface area contributed by atoms with Gasteiger partial charge in [0.05, 0.1) is 0 Å². The summed E-state index contributed by atoms with van der Waals surface area (Å²) in [5.74, 6) is 0. The maximum atomic E-state index is 3.48. The number of unbranched alkanes of at least 4 members (excludes halogenated alkanes) is 1. The average Bonchev–Trinajstić information content (AvgIpc) is 2.61. The van der Waals surface area contributed by atoms with Crippen LogP contribution < -0.4 is 5.32 Å². The summed E-state index contributed by atoms with van der Waals surface area (Å²) in [5.41, 5.74) is 0.494. The van der Waals surface area contributed by atoms with Crippen LogP contribution in [0.25, 0.3) is 0 Å². The van der Waals surface area contributed by atoms with Gasteiger partial charge in [-0.25, -0.2) is 0 Å². The second-order valence-electron chi connectivity index (χ2n) is 5.27. The van der Waals surface area contributed by atoms with E-state index in [0.29, 0.717) is 5.41 Å². The molecule has 1 aromatic heterocycles. The standard InChI is InChI=1S/C13H23NS.ClH/c1-13(2,3)8-4-5-9-14-11-12-7-6-10-15-12;/h6-7,10,14H,4-5,8-9,11H2,1-3H3;1H. The van der Waals surface area contributed by atoms with E-state index < -0.39 is 0 Å². The number of rotatable bonds is 6. The molecule has 0 aromatic carbocycles. The minimum atomic E-state index is 0. The highest BCUT2D eigenvalue weighted by molar-refractivity contribution is 7.09. The molecule has 0 unspecified atom stereocenters. The normalized spacial score (nSPS) is 11.2. The molecule has 0 bridgehead atoms. The van der Waals surface area contributed by atoms with Gasteiger partial charge in [0.25, 0.3) is 0 Å². The van der Waals surface area contributed by atoms with E-state index in [4.69, 9.17) is 0 Å². The molecule has 0 saturated carbocycles. The van der Waals surface area contributed by atoms with Gasteiger partial charge in [-0.1, -0.05) is 33.3 Å². The molecule has 0 aliphatic carbocycles. The molecule has 1 rings (SSSR count). The van der Waals surface area contributed by atoms with Gasteiger partial charge in [0.15, 0.2) is 0 Å². The highest BCUT2D eigenvalue weighted by Crippen LogP contribution is 2.21. The van der Waals surface area contributed by atoms with Gasteiger partial charge in [0.1, 0.15) is 0 Å². The van der Waals surface area contributed by atoms with Crippen LogP contribution in [0, 0.1) is 5.41 Å². The Kier molecular flexibility index (Phi) is 8.08. The fraction of sp³-hybridized carbons (Fsp3) is 0.692. The van der Waals surface area contributed by atoms with Gasteiger partial charge in [-0.3, -0.25) is 0 Å². The first kappa shape index (κ1) is 16.0. The summed E-state index contributed by atoms with van der Waals surface area (Å²) in [6, 6.07) is 4.30. The summed E-state index contributed by atoms with van der Waals surface area (Å²) >= 11 is 1.83. The van der Waals surface area contributed by atoms with Crippen LogP contribution in [0.4, 0.5) is 0 Å². The lowest BCUT2D eigenvalue weighted by Gasteiger charge is -2.17. The second-order valence-corrected chi connectivity index (χ2v) is 6.31. The molecule has 1 nitrogen and oxygen atoms in total. The van der Waals surface area contributed by atoms with E-state index in [1.54, 1.807) is 0 Å². The predicted octanol–water partition coefficient (Wildman–Crippen LogP) is 4.48. The van der Waals surface area contributed by atoms with E-state index in [0.717, 1.165) is 13.1 Å². The monoisotopic (exact) mass is 261 g/mol. The van der Waals surface area contributed by atoms with Gasteiger partial charge in [0, 0.05) is 11.4 Å². The van der Waals surface area contributed by atoms with Gasteiger partial charge in [-0.15, -0.1) is 23.7 Å². The smallest absolute Gasteiger partial charge is 0.0299 e. The van der Waals surface area contributed by atoms with E-state index in [2.05, 4.69) is 43.6 Å². The minimum Gasteiger partial charge on any atom is -0.312 e. The molecule has 0 atom stereocenters. The Labute approximate surface area is 110 Å². The van der Waals surface area contributed by atoms with E-state index >= 15 is 0 Å². The summed E-state index contributed by atoms with van der Waals surface area (Å²) in [4.78, 5) is 1.44. The van der Waals surface area contributed by atoms with Crippen LogP contribution in [-0.2, 0) is 6.54 Å². The molecule has 1 heterocycles. The molecule has 1 aromatic rings. The van der Waals surface area contributed by atoms with Crippen LogP contribution in [-0.4, -0.2) is 6.54 Å². The first-order chi connectivity index (χ1) is 7.08. The lowest BCUT2D eigenvalue weighted by Crippen LogP contribution is -2.14. The third kappa shape index (κ3) is 8.14. The first-order valence-corrected chi connectivity index (χ1v) is 6.69. The number of hydrogen-bond acceptors (Lipinski definition) is 2. The van der Waals surface area contributed by atoms with E-state index in [1.807, 2.05) is 11.3 Å². The number of halogens is 1. The number of nitrogens with one attached hydrogen (secondary N) is 1. The summed E-state index contributed by atoms with van der Waals surface area (Å²) in [6.07, 6.45) is 3.96. The number of hydrogen-bond donors (Lipinski definition) is 1. The molecule has 0 saturated heterocycles. The van der Waals surface area contributed by atoms with Crippen molar-refractivity contribution in [2.24, 2.45) is 5.41 Å². The molecular weight excluding hydrogens is 238 g/mol. The lowest BCUT2D eigenvalue weighted by molar-refractivity contribution is 0.358. The predicted molar refractivity (Wildman–Crippen MR) is 76.6 cm³/mol. The Morgan fingerprint density at radius 3 is 2.56 bits per heavy atom. The zero-order valence-electron chi connectivity index (χ0n) is 10.6. The Bertz CT molecular complexity index is 251. The Morgan fingerprint density at radius 1 is 1.25 bits per heavy atom. The Balaban J connectivity index is 0.00000225. The molecule has 3 heteroatoms. The molecule has 0 aliphatic rings. The quantitative estimate of drug-likeness (QED) is 0.745. The van der Waals surface area contributed by atoms with Crippen molar-refractivity contribution in [1.82, 2.24) is 5.32 Å². The van der Waals surface area contributed by atoms with Crippen molar-refractivity contribution in [3.63, 3.8) is 0 Å². The summed E-state index contributed by atoms with van der Waals surface area (Å²) in [7, 11) is 0. The summed E-state index contributed by atoms with van der Waals surface area (Å²) < 4.78 is 0. The highest BCUT2D eigenvalue weighted by Gasteiger charge is 2.08. The SMILES string of the molecule is CC(C)(C)CCCCNCc1cccs1.Cl. The molecule has 1 N–H and O–H groups in total. The van der Waals surface area contributed by atoms with Crippen molar-refractivity contribution in [3.05, 3.63) is 22.4 Å². The van der Waals surface area contributed by atoms with Gasteiger partial charge < -0.3 is 5.32 Å². The third-order valence-electron chi connectivity index (χ3n) is 2.41. The fourth-order valence-electron chi connectivity index (χ4n) is 1.53. The largest absolute Gasteiger partial charge is 0.312 e. The second kappa shape index (κ2) is 8.10. The van der Waals surface area contributed by atoms with Crippen LogP contribution in [0.1, 0.15) is 44.9 Å². The third-order valence-corrected chi connectivity index (χ3v) is 3.29. The number of thiophene rings is 1. The lowest BCUT2D eigenvalue weighted by atomic mass is 9.90. The van der Waals surface area contributed by atoms with Crippen molar-refractivity contribution >= 4 is 23.7 Å². The Hall–Kier alpha value is -0.0500. The molecule has 0 spiro atoms. The molecule has 0 radical (unpaired) electrons. The van der Waals surface area contributed by atoms with E-state index in [9.17, 15) is 0 Å². The molecule has 0 aliphatic heterocycles. The van der Waals surface area contributed by atoms with Gasteiger partial charge >= 0.3 is 0 Å². The van der Waals surface area contributed by atoms with Gasteiger partial charge in [0.2, 0.25) is 0 Å². The molecule has 0 amide bonds. The molecular formula is C13H24ClNS. The van der Waals surface area contributed by atoms with Crippen molar-refractivity contribution in [2.75, 3.05) is 6.54 Å². The Morgan fingerprint density at radius 2 is 2.00 bits per heavy atom. The zero-order chi connectivity index (χ0) is 11.1. The molecule has 16 heavy (non-hydrogen) atoms. The summed E-state index contributed by atoms with van der Waals surface area (Å²) in [6.45, 7) is 9.12. The van der Waals surface area contributed by atoms with Crippen LogP contribution >= 0.6 is 23.7 Å². The van der Waals surface area contributed by atoms with E-state index in [1.165, 1.54) is 24.1 Å². The summed E-state index contributed by atoms with van der Waals surface area (Å²) in [5, 5.41) is 5.62. The van der Waals surface area contributed by atoms with Crippen LogP contribution in [0.15, 0.2) is 17.5 Å². The molecule has 0 fully saturated rings. The fourth-order valence-corrected chi connectivity index (χ4v) is 2.20.